The molecule has 0 bridgehead atoms. The molecule has 1 aliphatic carbocycles. The number of nitrogens with one attached hydrogen (secondary N) is 1. The van der Waals surface area contributed by atoms with Gasteiger partial charge in [0.15, 0.2) is 0 Å². The van der Waals surface area contributed by atoms with Gasteiger partial charge in [0.25, 0.3) is 0 Å². The Morgan fingerprint density at radius 1 is 1.35 bits per heavy atom. The molecule has 2 atom stereocenters. The van der Waals surface area contributed by atoms with Crippen molar-refractivity contribution < 1.29 is 4.74 Å². The van der Waals surface area contributed by atoms with Gasteiger partial charge in [-0.1, -0.05) is 24.3 Å². The Morgan fingerprint density at radius 3 is 3.18 bits per heavy atom. The number of methoxy groups -OCH3 is 1. The summed E-state index contributed by atoms with van der Waals surface area (Å²) in [4.78, 5) is 0. The summed E-state index contributed by atoms with van der Waals surface area (Å²) in [5, 5.41) is 3.56. The van der Waals surface area contributed by atoms with E-state index in [1.165, 1.54) is 12.0 Å². The number of rotatable bonds is 2. The number of benzene rings is 1. The largest absolute Gasteiger partial charge is 0.497 e. The first kappa shape index (κ1) is 10.8. The van der Waals surface area contributed by atoms with Gasteiger partial charge in [-0.15, -0.1) is 0 Å². The van der Waals surface area contributed by atoms with E-state index in [1.54, 1.807) is 7.11 Å². The minimum Gasteiger partial charge on any atom is -0.497 e. The molecule has 1 aromatic rings. The quantitative estimate of drug-likeness (QED) is 0.787. The molecule has 1 aromatic carbocycles. The van der Waals surface area contributed by atoms with Crippen molar-refractivity contribution in [1.29, 1.82) is 0 Å². The molecule has 0 spiro atoms. The van der Waals surface area contributed by atoms with E-state index in [1.807, 2.05) is 6.07 Å². The summed E-state index contributed by atoms with van der Waals surface area (Å²) in [6.07, 6.45) is 7.01. The molecule has 1 aliphatic heterocycles. The van der Waals surface area contributed by atoms with Crippen molar-refractivity contribution in [2.24, 2.45) is 5.92 Å². The van der Waals surface area contributed by atoms with Crippen LogP contribution < -0.4 is 10.1 Å². The number of fused-ring (bicyclic) bond motifs is 1. The van der Waals surface area contributed by atoms with Crippen molar-refractivity contribution >= 4 is 0 Å². The van der Waals surface area contributed by atoms with Crippen LogP contribution in [-0.4, -0.2) is 20.2 Å². The molecule has 17 heavy (non-hydrogen) atoms. The van der Waals surface area contributed by atoms with E-state index >= 15 is 0 Å². The van der Waals surface area contributed by atoms with Crippen LogP contribution in [0.15, 0.2) is 36.4 Å². The van der Waals surface area contributed by atoms with E-state index in [0.717, 1.165) is 31.2 Å². The van der Waals surface area contributed by atoms with Crippen molar-refractivity contribution in [2.75, 3.05) is 20.2 Å². The highest BCUT2D eigenvalue weighted by molar-refractivity contribution is 5.37. The Morgan fingerprint density at radius 2 is 2.29 bits per heavy atom. The second-order valence-electron chi connectivity index (χ2n) is 5.13. The average molecular weight is 229 g/mol. The molecule has 1 N–H and O–H groups in total. The lowest BCUT2D eigenvalue weighted by Crippen LogP contribution is -2.36. The fraction of sp³-hybridized carbons (Fsp3) is 0.467. The summed E-state index contributed by atoms with van der Waals surface area (Å²) in [5.41, 5.74) is 1.72. The summed E-state index contributed by atoms with van der Waals surface area (Å²) in [6.45, 7) is 2.23. The summed E-state index contributed by atoms with van der Waals surface area (Å²) >= 11 is 0. The van der Waals surface area contributed by atoms with Crippen molar-refractivity contribution in [3.8, 4) is 5.75 Å². The first-order valence-corrected chi connectivity index (χ1v) is 6.35. The molecular weight excluding hydrogens is 210 g/mol. The predicted molar refractivity (Wildman–Crippen MR) is 69.4 cm³/mol. The van der Waals surface area contributed by atoms with Crippen LogP contribution in [0.2, 0.25) is 0 Å². The minimum atomic E-state index is 0.295. The SMILES string of the molecule is COc1cccc([C@]23CC=CC[C@@H]2CNC3)c1. The molecule has 1 heterocycles. The molecule has 2 aliphatic rings. The van der Waals surface area contributed by atoms with Gasteiger partial charge in [0.2, 0.25) is 0 Å². The van der Waals surface area contributed by atoms with E-state index < -0.39 is 0 Å². The maximum Gasteiger partial charge on any atom is 0.119 e. The standard InChI is InChI=1S/C15H19NO/c1-17-14-7-4-6-12(9-14)15-8-3-2-5-13(15)10-16-11-15/h2-4,6-7,9,13,16H,5,8,10-11H2,1H3/t13-,15-/m1/s1. The van der Waals surface area contributed by atoms with E-state index in [0.29, 0.717) is 5.41 Å². The Balaban J connectivity index is 2.02. The highest BCUT2D eigenvalue weighted by Crippen LogP contribution is 2.44. The highest BCUT2D eigenvalue weighted by atomic mass is 16.5. The highest BCUT2D eigenvalue weighted by Gasteiger charge is 2.44. The summed E-state index contributed by atoms with van der Waals surface area (Å²) < 4.78 is 5.35. The van der Waals surface area contributed by atoms with Crippen LogP contribution in [0, 0.1) is 5.92 Å². The molecule has 0 amide bonds. The number of allylic oxidation sites excluding steroid dienone is 2. The van der Waals surface area contributed by atoms with Gasteiger partial charge in [-0.3, -0.25) is 0 Å². The lowest BCUT2D eigenvalue weighted by atomic mass is 9.67. The summed E-state index contributed by atoms with van der Waals surface area (Å²) in [7, 11) is 1.74. The molecule has 0 radical (unpaired) electrons. The van der Waals surface area contributed by atoms with Gasteiger partial charge in [0, 0.05) is 12.0 Å². The zero-order valence-electron chi connectivity index (χ0n) is 10.3. The van der Waals surface area contributed by atoms with Crippen molar-refractivity contribution in [3.63, 3.8) is 0 Å². The molecule has 0 aromatic heterocycles. The first-order valence-electron chi connectivity index (χ1n) is 6.35. The van der Waals surface area contributed by atoms with E-state index in [-0.39, 0.29) is 0 Å². The predicted octanol–water partition coefficient (Wildman–Crippen LogP) is 2.50. The van der Waals surface area contributed by atoms with Crippen LogP contribution in [0.4, 0.5) is 0 Å². The van der Waals surface area contributed by atoms with Gasteiger partial charge in [0.1, 0.15) is 5.75 Å². The smallest absolute Gasteiger partial charge is 0.119 e. The van der Waals surface area contributed by atoms with Gasteiger partial charge in [-0.05, 0) is 43.0 Å². The van der Waals surface area contributed by atoms with Gasteiger partial charge in [0.05, 0.1) is 7.11 Å². The summed E-state index contributed by atoms with van der Waals surface area (Å²) in [5.74, 6) is 1.71. The Bertz CT molecular complexity index is 440. The first-order chi connectivity index (χ1) is 8.35. The Kier molecular flexibility index (Phi) is 2.67. The van der Waals surface area contributed by atoms with Crippen LogP contribution in [0.1, 0.15) is 18.4 Å². The fourth-order valence-corrected chi connectivity index (χ4v) is 3.30. The third kappa shape index (κ3) is 1.67. The Labute approximate surface area is 103 Å². The molecule has 0 saturated carbocycles. The van der Waals surface area contributed by atoms with Gasteiger partial charge < -0.3 is 10.1 Å². The zero-order valence-corrected chi connectivity index (χ0v) is 10.3. The second kappa shape index (κ2) is 4.19. The fourth-order valence-electron chi connectivity index (χ4n) is 3.30. The van der Waals surface area contributed by atoms with E-state index in [4.69, 9.17) is 4.74 Å². The average Bonchev–Trinajstić information content (AvgIpc) is 2.84. The maximum atomic E-state index is 5.35. The topological polar surface area (TPSA) is 21.3 Å². The van der Waals surface area contributed by atoms with E-state index in [9.17, 15) is 0 Å². The van der Waals surface area contributed by atoms with Gasteiger partial charge in [-0.25, -0.2) is 0 Å². The van der Waals surface area contributed by atoms with Crippen molar-refractivity contribution in [1.82, 2.24) is 5.32 Å². The van der Waals surface area contributed by atoms with Gasteiger partial charge in [-0.2, -0.15) is 0 Å². The Hall–Kier alpha value is -1.28. The molecule has 2 nitrogen and oxygen atoms in total. The lowest BCUT2D eigenvalue weighted by Gasteiger charge is -2.36. The van der Waals surface area contributed by atoms with Crippen molar-refractivity contribution in [3.05, 3.63) is 42.0 Å². The molecule has 1 saturated heterocycles. The number of hydrogen-bond donors (Lipinski definition) is 1. The van der Waals surface area contributed by atoms with Crippen LogP contribution in [0.3, 0.4) is 0 Å². The third-order valence-corrected chi connectivity index (χ3v) is 4.33. The molecule has 3 rings (SSSR count). The molecule has 90 valence electrons. The molecular formula is C15H19NO. The van der Waals surface area contributed by atoms with Crippen LogP contribution in [-0.2, 0) is 5.41 Å². The van der Waals surface area contributed by atoms with Crippen molar-refractivity contribution in [2.45, 2.75) is 18.3 Å². The molecule has 0 unspecified atom stereocenters. The molecule has 1 fully saturated rings. The summed E-state index contributed by atoms with van der Waals surface area (Å²) in [6, 6.07) is 8.59. The van der Waals surface area contributed by atoms with Gasteiger partial charge >= 0.3 is 0 Å². The minimum absolute atomic E-state index is 0.295. The van der Waals surface area contributed by atoms with Crippen LogP contribution >= 0.6 is 0 Å². The third-order valence-electron chi connectivity index (χ3n) is 4.33. The number of hydrogen-bond acceptors (Lipinski definition) is 2. The monoisotopic (exact) mass is 229 g/mol. The van der Waals surface area contributed by atoms with Crippen LogP contribution in [0.5, 0.6) is 5.75 Å². The zero-order chi connectivity index (χ0) is 11.7. The number of ether oxygens (including phenoxy) is 1. The maximum absolute atomic E-state index is 5.35. The van der Waals surface area contributed by atoms with E-state index in [2.05, 4.69) is 35.7 Å². The normalized spacial score (nSPS) is 31.2. The van der Waals surface area contributed by atoms with Crippen LogP contribution in [0.25, 0.3) is 0 Å². The molecule has 2 heteroatoms. The second-order valence-corrected chi connectivity index (χ2v) is 5.13. The lowest BCUT2D eigenvalue weighted by molar-refractivity contribution is 0.331.